The molecule has 1 aliphatic rings. The van der Waals surface area contributed by atoms with Crippen molar-refractivity contribution in [2.45, 2.75) is 52.6 Å². The molecule has 0 N–H and O–H groups in total. The topological polar surface area (TPSA) is 25.2 Å². The first kappa shape index (κ1) is 13.9. The van der Waals surface area contributed by atoms with Crippen LogP contribution in [0.1, 0.15) is 44.9 Å². The second kappa shape index (κ2) is 5.24. The van der Waals surface area contributed by atoms with E-state index < -0.39 is 0 Å². The first-order chi connectivity index (χ1) is 9.04. The van der Waals surface area contributed by atoms with Crippen molar-refractivity contribution in [3.05, 3.63) is 35.7 Å². The van der Waals surface area contributed by atoms with E-state index in [2.05, 4.69) is 44.5 Å². The number of rotatable bonds is 5. The average Bonchev–Trinajstić information content (AvgIpc) is 2.87. The third-order valence-electron chi connectivity index (χ3n) is 4.08. The Labute approximate surface area is 115 Å². The Morgan fingerprint density at radius 3 is 2.53 bits per heavy atom. The first-order valence-corrected chi connectivity index (χ1v) is 7.21. The summed E-state index contributed by atoms with van der Waals surface area (Å²) in [6.07, 6.45) is 8.01. The van der Waals surface area contributed by atoms with Gasteiger partial charge in [0.25, 0.3) is 0 Å². The van der Waals surface area contributed by atoms with E-state index in [9.17, 15) is 4.79 Å². The Kier molecular flexibility index (Phi) is 3.83. The van der Waals surface area contributed by atoms with Gasteiger partial charge >= 0.3 is 0 Å². The summed E-state index contributed by atoms with van der Waals surface area (Å²) < 4.78 is 2.28. The number of aryl methyl sites for hydroxylation is 1. The van der Waals surface area contributed by atoms with Gasteiger partial charge < -0.3 is 9.47 Å². The molecule has 2 heterocycles. The van der Waals surface area contributed by atoms with Crippen LogP contribution >= 0.6 is 0 Å². The molecule has 1 aliphatic heterocycles. The Morgan fingerprint density at radius 2 is 1.89 bits per heavy atom. The van der Waals surface area contributed by atoms with E-state index in [1.54, 1.807) is 6.08 Å². The van der Waals surface area contributed by atoms with Crippen LogP contribution in [0.4, 0.5) is 0 Å². The summed E-state index contributed by atoms with van der Waals surface area (Å²) in [5.41, 5.74) is 2.23. The molecule has 1 amide bonds. The van der Waals surface area contributed by atoms with Gasteiger partial charge in [-0.25, -0.2) is 0 Å². The van der Waals surface area contributed by atoms with Crippen molar-refractivity contribution in [1.82, 2.24) is 9.47 Å². The molecule has 3 heteroatoms. The maximum absolute atomic E-state index is 12.0. The third-order valence-corrected chi connectivity index (χ3v) is 4.08. The molecule has 0 spiro atoms. The predicted molar refractivity (Wildman–Crippen MR) is 78.0 cm³/mol. The summed E-state index contributed by atoms with van der Waals surface area (Å²) in [4.78, 5) is 14.0. The molecule has 0 saturated heterocycles. The molecule has 1 aromatic heterocycles. The van der Waals surface area contributed by atoms with E-state index in [1.165, 1.54) is 11.3 Å². The molecule has 104 valence electrons. The summed E-state index contributed by atoms with van der Waals surface area (Å²) in [5.74, 6) is 0.131. The number of aromatic nitrogens is 1. The highest BCUT2D eigenvalue weighted by atomic mass is 16.2. The molecule has 2 rings (SSSR count). The second-order valence-electron chi connectivity index (χ2n) is 5.48. The van der Waals surface area contributed by atoms with Gasteiger partial charge in [0, 0.05) is 36.6 Å². The van der Waals surface area contributed by atoms with Crippen molar-refractivity contribution in [1.29, 1.82) is 0 Å². The van der Waals surface area contributed by atoms with Crippen LogP contribution < -0.4 is 0 Å². The quantitative estimate of drug-likeness (QED) is 0.798. The maximum Gasteiger partial charge on any atom is 0.247 e. The standard InChI is InChI=1S/C16H24N2O/c1-5-10-17-12-8-14(13(17)3)16(4)9-7-15(19)18(16)11-6-2/h7-9,12H,5-6,10-11H2,1-4H3. The largest absolute Gasteiger partial charge is 0.351 e. The maximum atomic E-state index is 12.0. The fourth-order valence-corrected chi connectivity index (χ4v) is 3.01. The van der Waals surface area contributed by atoms with Crippen LogP contribution in [-0.4, -0.2) is 21.9 Å². The van der Waals surface area contributed by atoms with Gasteiger partial charge in [-0.1, -0.05) is 13.8 Å². The predicted octanol–water partition coefficient (Wildman–Crippen LogP) is 3.23. The number of carbonyl (C=O) groups is 1. The summed E-state index contributed by atoms with van der Waals surface area (Å²) in [7, 11) is 0. The monoisotopic (exact) mass is 260 g/mol. The summed E-state index contributed by atoms with van der Waals surface area (Å²) in [5, 5.41) is 0. The number of carbonyl (C=O) groups excluding carboxylic acids is 1. The fraction of sp³-hybridized carbons (Fsp3) is 0.562. The Morgan fingerprint density at radius 1 is 1.21 bits per heavy atom. The highest BCUT2D eigenvalue weighted by Gasteiger charge is 2.39. The minimum Gasteiger partial charge on any atom is -0.351 e. The van der Waals surface area contributed by atoms with E-state index in [1.807, 2.05) is 11.0 Å². The highest BCUT2D eigenvalue weighted by molar-refractivity contribution is 5.91. The molecule has 0 saturated carbocycles. The van der Waals surface area contributed by atoms with E-state index in [4.69, 9.17) is 0 Å². The van der Waals surface area contributed by atoms with Crippen LogP contribution in [0.25, 0.3) is 0 Å². The van der Waals surface area contributed by atoms with Crippen molar-refractivity contribution in [2.75, 3.05) is 6.54 Å². The molecule has 1 aromatic rings. The normalized spacial score (nSPS) is 22.5. The molecule has 0 aliphatic carbocycles. The average molecular weight is 260 g/mol. The van der Waals surface area contributed by atoms with Gasteiger partial charge in [0.2, 0.25) is 5.91 Å². The molecular weight excluding hydrogens is 236 g/mol. The summed E-state index contributed by atoms with van der Waals surface area (Å²) >= 11 is 0. The Bertz CT molecular complexity index is 501. The van der Waals surface area contributed by atoms with E-state index in [0.29, 0.717) is 0 Å². The lowest BCUT2D eigenvalue weighted by Gasteiger charge is -2.35. The third kappa shape index (κ3) is 2.22. The first-order valence-electron chi connectivity index (χ1n) is 7.21. The van der Waals surface area contributed by atoms with Crippen LogP contribution in [0.2, 0.25) is 0 Å². The van der Waals surface area contributed by atoms with Crippen molar-refractivity contribution < 1.29 is 4.79 Å². The number of hydrogen-bond acceptors (Lipinski definition) is 1. The molecule has 1 unspecified atom stereocenters. The zero-order valence-corrected chi connectivity index (χ0v) is 12.4. The molecule has 0 bridgehead atoms. The second-order valence-corrected chi connectivity index (χ2v) is 5.48. The Hall–Kier alpha value is -1.51. The van der Waals surface area contributed by atoms with E-state index in [-0.39, 0.29) is 11.4 Å². The minimum absolute atomic E-state index is 0.131. The molecule has 19 heavy (non-hydrogen) atoms. The molecule has 0 aromatic carbocycles. The van der Waals surface area contributed by atoms with Crippen molar-refractivity contribution >= 4 is 5.91 Å². The molecular formula is C16H24N2O. The number of hydrogen-bond donors (Lipinski definition) is 0. The van der Waals surface area contributed by atoms with Crippen molar-refractivity contribution in [3.63, 3.8) is 0 Å². The summed E-state index contributed by atoms with van der Waals surface area (Å²) in [6.45, 7) is 10.4. The van der Waals surface area contributed by atoms with Crippen LogP contribution in [0.5, 0.6) is 0 Å². The summed E-state index contributed by atoms with van der Waals surface area (Å²) in [6, 6.07) is 2.16. The van der Waals surface area contributed by atoms with Crippen LogP contribution in [-0.2, 0) is 16.9 Å². The minimum atomic E-state index is -0.282. The zero-order valence-electron chi connectivity index (χ0n) is 12.4. The SMILES string of the molecule is CCCN1C(=O)C=CC1(C)c1ccn(CCC)c1C. The van der Waals surface area contributed by atoms with Gasteiger partial charge in [-0.05, 0) is 38.8 Å². The van der Waals surface area contributed by atoms with Crippen molar-refractivity contribution in [3.8, 4) is 0 Å². The lowest BCUT2D eigenvalue weighted by molar-refractivity contribution is -0.128. The molecule has 3 nitrogen and oxygen atoms in total. The van der Waals surface area contributed by atoms with Gasteiger partial charge in [0.1, 0.15) is 0 Å². The van der Waals surface area contributed by atoms with E-state index in [0.717, 1.165) is 25.9 Å². The van der Waals surface area contributed by atoms with Crippen LogP contribution in [0.15, 0.2) is 24.4 Å². The highest BCUT2D eigenvalue weighted by Crippen LogP contribution is 2.36. The number of nitrogens with zero attached hydrogens (tertiary/aromatic N) is 2. The molecule has 1 atom stereocenters. The fourth-order valence-electron chi connectivity index (χ4n) is 3.01. The number of amides is 1. The van der Waals surface area contributed by atoms with Gasteiger partial charge in [0.05, 0.1) is 5.54 Å². The lowest BCUT2D eigenvalue weighted by atomic mass is 9.92. The van der Waals surface area contributed by atoms with Gasteiger partial charge in [-0.15, -0.1) is 0 Å². The van der Waals surface area contributed by atoms with E-state index >= 15 is 0 Å². The van der Waals surface area contributed by atoms with Gasteiger partial charge in [-0.3, -0.25) is 4.79 Å². The van der Waals surface area contributed by atoms with Crippen LogP contribution in [0, 0.1) is 6.92 Å². The van der Waals surface area contributed by atoms with Gasteiger partial charge in [-0.2, -0.15) is 0 Å². The van der Waals surface area contributed by atoms with Crippen molar-refractivity contribution in [2.24, 2.45) is 0 Å². The van der Waals surface area contributed by atoms with Crippen LogP contribution in [0.3, 0.4) is 0 Å². The molecule has 0 fully saturated rings. The Balaban J connectivity index is 2.39. The zero-order chi connectivity index (χ0) is 14.0. The lowest BCUT2D eigenvalue weighted by Crippen LogP contribution is -2.42. The molecule has 0 radical (unpaired) electrons. The smallest absolute Gasteiger partial charge is 0.247 e. The van der Waals surface area contributed by atoms with Gasteiger partial charge in [0.15, 0.2) is 0 Å².